The maximum atomic E-state index is 12.8. The van der Waals surface area contributed by atoms with Gasteiger partial charge < -0.3 is 10.6 Å². The average molecular weight is 301 g/mol. The highest BCUT2D eigenvalue weighted by Gasteiger charge is 2.11. The van der Waals surface area contributed by atoms with Gasteiger partial charge in [-0.15, -0.1) is 0 Å². The van der Waals surface area contributed by atoms with E-state index in [1.807, 2.05) is 13.0 Å². The highest BCUT2D eigenvalue weighted by Crippen LogP contribution is 2.09. The SMILES string of the molecule is CC(NC(=O)CNC(=O)c1ccc(F)cc1)c1cccnc1. The Kier molecular flexibility index (Phi) is 5.19. The topological polar surface area (TPSA) is 71.1 Å². The van der Waals surface area contributed by atoms with E-state index in [4.69, 9.17) is 0 Å². The summed E-state index contributed by atoms with van der Waals surface area (Å²) in [5.74, 6) is -1.16. The Morgan fingerprint density at radius 2 is 1.95 bits per heavy atom. The molecular formula is C16H16FN3O2. The van der Waals surface area contributed by atoms with Gasteiger partial charge in [-0.05, 0) is 42.8 Å². The molecule has 1 atom stereocenters. The van der Waals surface area contributed by atoms with Gasteiger partial charge in [0.25, 0.3) is 5.91 Å². The predicted octanol–water partition coefficient (Wildman–Crippen LogP) is 1.83. The zero-order valence-electron chi connectivity index (χ0n) is 12.0. The molecule has 0 spiro atoms. The van der Waals surface area contributed by atoms with Crippen molar-refractivity contribution in [1.29, 1.82) is 0 Å². The first-order valence-electron chi connectivity index (χ1n) is 6.79. The third kappa shape index (κ3) is 4.37. The molecule has 5 nitrogen and oxygen atoms in total. The van der Waals surface area contributed by atoms with Crippen LogP contribution in [0.4, 0.5) is 4.39 Å². The summed E-state index contributed by atoms with van der Waals surface area (Å²) < 4.78 is 12.8. The number of benzene rings is 1. The van der Waals surface area contributed by atoms with E-state index in [0.717, 1.165) is 5.56 Å². The van der Waals surface area contributed by atoms with Gasteiger partial charge in [-0.3, -0.25) is 14.6 Å². The number of amides is 2. The molecule has 1 aromatic heterocycles. The van der Waals surface area contributed by atoms with Gasteiger partial charge in [0.1, 0.15) is 5.82 Å². The van der Waals surface area contributed by atoms with Crippen molar-refractivity contribution in [3.05, 3.63) is 65.7 Å². The van der Waals surface area contributed by atoms with Crippen LogP contribution in [0, 0.1) is 5.82 Å². The number of carbonyl (C=O) groups is 2. The number of halogens is 1. The zero-order valence-corrected chi connectivity index (χ0v) is 12.0. The van der Waals surface area contributed by atoms with E-state index in [2.05, 4.69) is 15.6 Å². The number of pyridine rings is 1. The summed E-state index contributed by atoms with van der Waals surface area (Å²) in [5, 5.41) is 5.24. The molecule has 6 heteroatoms. The number of nitrogens with zero attached hydrogens (tertiary/aromatic N) is 1. The maximum Gasteiger partial charge on any atom is 0.251 e. The maximum absolute atomic E-state index is 12.8. The van der Waals surface area contributed by atoms with Gasteiger partial charge in [-0.2, -0.15) is 0 Å². The molecule has 1 heterocycles. The van der Waals surface area contributed by atoms with Crippen LogP contribution < -0.4 is 10.6 Å². The fraction of sp³-hybridized carbons (Fsp3) is 0.188. The van der Waals surface area contributed by atoms with E-state index < -0.39 is 11.7 Å². The van der Waals surface area contributed by atoms with Gasteiger partial charge in [-0.1, -0.05) is 6.07 Å². The lowest BCUT2D eigenvalue weighted by atomic mass is 10.1. The van der Waals surface area contributed by atoms with Crippen molar-refractivity contribution < 1.29 is 14.0 Å². The third-order valence-corrected chi connectivity index (χ3v) is 3.08. The van der Waals surface area contributed by atoms with Crippen molar-refractivity contribution in [3.8, 4) is 0 Å². The lowest BCUT2D eigenvalue weighted by Gasteiger charge is -2.14. The van der Waals surface area contributed by atoms with E-state index in [1.54, 1.807) is 18.5 Å². The summed E-state index contributed by atoms with van der Waals surface area (Å²) in [7, 11) is 0. The Labute approximate surface area is 127 Å². The monoisotopic (exact) mass is 301 g/mol. The Bertz CT molecular complexity index is 644. The summed E-state index contributed by atoms with van der Waals surface area (Å²) in [4.78, 5) is 27.6. The fourth-order valence-electron chi connectivity index (χ4n) is 1.87. The van der Waals surface area contributed by atoms with Crippen LogP contribution in [0.1, 0.15) is 28.9 Å². The Balaban J connectivity index is 1.82. The van der Waals surface area contributed by atoms with Crippen LogP contribution in [0.2, 0.25) is 0 Å². The minimum absolute atomic E-state index is 0.152. The predicted molar refractivity (Wildman–Crippen MR) is 79.5 cm³/mol. The van der Waals surface area contributed by atoms with Crippen molar-refractivity contribution >= 4 is 11.8 Å². The van der Waals surface area contributed by atoms with Crippen molar-refractivity contribution in [2.24, 2.45) is 0 Å². The average Bonchev–Trinajstić information content (AvgIpc) is 2.54. The third-order valence-electron chi connectivity index (χ3n) is 3.08. The first kappa shape index (κ1) is 15.6. The zero-order chi connectivity index (χ0) is 15.9. The number of rotatable bonds is 5. The first-order valence-corrected chi connectivity index (χ1v) is 6.79. The van der Waals surface area contributed by atoms with Gasteiger partial charge in [-0.25, -0.2) is 4.39 Å². The Hall–Kier alpha value is -2.76. The summed E-state index contributed by atoms with van der Waals surface area (Å²) in [6.07, 6.45) is 3.32. The van der Waals surface area contributed by atoms with Crippen LogP contribution in [-0.4, -0.2) is 23.3 Å². The molecule has 2 rings (SSSR count). The molecule has 0 bridgehead atoms. The van der Waals surface area contributed by atoms with E-state index in [0.29, 0.717) is 5.56 Å². The van der Waals surface area contributed by atoms with Crippen LogP contribution in [0.3, 0.4) is 0 Å². The molecule has 0 saturated heterocycles. The van der Waals surface area contributed by atoms with Crippen LogP contribution >= 0.6 is 0 Å². The van der Waals surface area contributed by atoms with E-state index in [-0.39, 0.29) is 18.5 Å². The van der Waals surface area contributed by atoms with E-state index in [1.165, 1.54) is 24.3 Å². The highest BCUT2D eigenvalue weighted by molar-refractivity contribution is 5.96. The van der Waals surface area contributed by atoms with Crippen molar-refractivity contribution in [3.63, 3.8) is 0 Å². The summed E-state index contributed by atoms with van der Waals surface area (Å²) in [6, 6.07) is 8.55. The number of aromatic nitrogens is 1. The van der Waals surface area contributed by atoms with Crippen molar-refractivity contribution in [2.45, 2.75) is 13.0 Å². The molecule has 1 aromatic carbocycles. The van der Waals surface area contributed by atoms with Gasteiger partial charge in [0.05, 0.1) is 12.6 Å². The van der Waals surface area contributed by atoms with Gasteiger partial charge in [0, 0.05) is 18.0 Å². The normalized spacial score (nSPS) is 11.5. The van der Waals surface area contributed by atoms with Crippen LogP contribution in [0.15, 0.2) is 48.8 Å². The summed E-state index contributed by atoms with van der Waals surface area (Å²) in [6.45, 7) is 1.68. The van der Waals surface area contributed by atoms with Gasteiger partial charge in [0.2, 0.25) is 5.91 Å². The van der Waals surface area contributed by atoms with Crippen LogP contribution in [0.5, 0.6) is 0 Å². The Morgan fingerprint density at radius 3 is 2.59 bits per heavy atom. The largest absolute Gasteiger partial charge is 0.348 e. The summed E-state index contributed by atoms with van der Waals surface area (Å²) >= 11 is 0. The molecule has 114 valence electrons. The molecule has 0 aliphatic rings. The summed E-state index contributed by atoms with van der Waals surface area (Å²) in [5.41, 5.74) is 1.18. The lowest BCUT2D eigenvalue weighted by Crippen LogP contribution is -2.38. The number of carbonyl (C=O) groups excluding carboxylic acids is 2. The number of nitrogens with one attached hydrogen (secondary N) is 2. The van der Waals surface area contributed by atoms with Crippen molar-refractivity contribution in [2.75, 3.05) is 6.54 Å². The first-order chi connectivity index (χ1) is 10.6. The minimum atomic E-state index is -0.427. The minimum Gasteiger partial charge on any atom is -0.348 e. The smallest absolute Gasteiger partial charge is 0.251 e. The quantitative estimate of drug-likeness (QED) is 0.885. The van der Waals surface area contributed by atoms with Gasteiger partial charge in [0.15, 0.2) is 0 Å². The van der Waals surface area contributed by atoms with Crippen LogP contribution in [-0.2, 0) is 4.79 Å². The number of hydrogen-bond donors (Lipinski definition) is 2. The van der Waals surface area contributed by atoms with Crippen LogP contribution in [0.25, 0.3) is 0 Å². The fourth-order valence-corrected chi connectivity index (χ4v) is 1.87. The number of hydrogen-bond acceptors (Lipinski definition) is 3. The second-order valence-corrected chi connectivity index (χ2v) is 4.77. The van der Waals surface area contributed by atoms with E-state index in [9.17, 15) is 14.0 Å². The van der Waals surface area contributed by atoms with Crippen molar-refractivity contribution in [1.82, 2.24) is 15.6 Å². The molecule has 2 aromatic rings. The molecule has 2 N–H and O–H groups in total. The molecule has 0 radical (unpaired) electrons. The van der Waals surface area contributed by atoms with E-state index >= 15 is 0 Å². The highest BCUT2D eigenvalue weighted by atomic mass is 19.1. The second-order valence-electron chi connectivity index (χ2n) is 4.77. The molecule has 22 heavy (non-hydrogen) atoms. The molecular weight excluding hydrogens is 285 g/mol. The molecule has 0 aliphatic heterocycles. The standard InChI is InChI=1S/C16H16FN3O2/c1-11(13-3-2-8-18-9-13)20-15(21)10-19-16(22)12-4-6-14(17)7-5-12/h2-9,11H,10H2,1H3,(H,19,22)(H,20,21). The molecule has 2 amide bonds. The molecule has 0 saturated carbocycles. The molecule has 0 fully saturated rings. The second kappa shape index (κ2) is 7.31. The molecule has 0 aliphatic carbocycles. The Morgan fingerprint density at radius 1 is 1.23 bits per heavy atom. The van der Waals surface area contributed by atoms with Gasteiger partial charge >= 0.3 is 0 Å². The molecule has 1 unspecified atom stereocenters. The lowest BCUT2D eigenvalue weighted by molar-refractivity contribution is -0.120.